The van der Waals surface area contributed by atoms with Gasteiger partial charge in [-0.2, -0.15) is 5.26 Å². The van der Waals surface area contributed by atoms with Gasteiger partial charge in [-0.05, 0) is 6.07 Å². The quantitative estimate of drug-likeness (QED) is 0.697. The number of nitrogens with zero attached hydrogens (tertiary/aromatic N) is 3. The third kappa shape index (κ3) is 1.32. The predicted octanol–water partition coefficient (Wildman–Crippen LogP) is 0.983. The largest absolute Gasteiger partial charge is 0.399 e. The van der Waals surface area contributed by atoms with Crippen LogP contribution in [0.4, 0.5) is 5.69 Å². The number of hydrogen-bond donors (Lipinski definition) is 1. The molecule has 2 aromatic heterocycles. The van der Waals surface area contributed by atoms with E-state index in [-0.39, 0.29) is 0 Å². The maximum Gasteiger partial charge on any atom is 0.139 e. The zero-order valence-electron chi connectivity index (χ0n) is 6.94. The van der Waals surface area contributed by atoms with Crippen molar-refractivity contribution in [2.75, 3.05) is 5.73 Å². The molecule has 0 atom stereocenters. The highest BCUT2D eigenvalue weighted by Gasteiger charge is 2.00. The predicted molar refractivity (Wildman–Crippen MR) is 48.9 cm³/mol. The molecule has 0 aliphatic heterocycles. The zero-order chi connectivity index (χ0) is 9.26. The SMILES string of the molecule is N#CCc1cn2ccc(N)cc2n1. The molecule has 2 rings (SSSR count). The van der Waals surface area contributed by atoms with E-state index in [1.54, 1.807) is 12.1 Å². The van der Waals surface area contributed by atoms with Gasteiger partial charge in [-0.15, -0.1) is 0 Å². The Bertz CT molecular complexity index is 478. The van der Waals surface area contributed by atoms with Gasteiger partial charge in [-0.25, -0.2) is 4.98 Å². The van der Waals surface area contributed by atoms with Crippen molar-refractivity contribution in [2.45, 2.75) is 6.42 Å². The Kier molecular flexibility index (Phi) is 1.64. The van der Waals surface area contributed by atoms with Crippen LogP contribution in [0, 0.1) is 11.3 Å². The summed E-state index contributed by atoms with van der Waals surface area (Å²) in [6.07, 6.45) is 4.00. The Morgan fingerprint density at radius 2 is 2.46 bits per heavy atom. The first-order valence-corrected chi connectivity index (χ1v) is 3.89. The van der Waals surface area contributed by atoms with Crippen LogP contribution in [0.2, 0.25) is 0 Å². The van der Waals surface area contributed by atoms with E-state index in [0.29, 0.717) is 12.1 Å². The molecule has 4 heteroatoms. The molecule has 64 valence electrons. The van der Waals surface area contributed by atoms with E-state index in [9.17, 15) is 0 Å². The van der Waals surface area contributed by atoms with Gasteiger partial charge in [0, 0.05) is 24.1 Å². The first-order valence-electron chi connectivity index (χ1n) is 3.89. The average Bonchev–Trinajstić information content (AvgIpc) is 2.46. The number of aromatic nitrogens is 2. The number of rotatable bonds is 1. The lowest BCUT2D eigenvalue weighted by molar-refractivity contribution is 1.16. The third-order valence-electron chi connectivity index (χ3n) is 1.79. The fourth-order valence-electron chi connectivity index (χ4n) is 1.22. The van der Waals surface area contributed by atoms with Crippen molar-refractivity contribution in [1.29, 1.82) is 5.26 Å². The van der Waals surface area contributed by atoms with Crippen molar-refractivity contribution in [2.24, 2.45) is 0 Å². The molecule has 4 nitrogen and oxygen atoms in total. The van der Waals surface area contributed by atoms with Crippen molar-refractivity contribution in [3.63, 3.8) is 0 Å². The topological polar surface area (TPSA) is 67.1 Å². The lowest BCUT2D eigenvalue weighted by Crippen LogP contribution is -1.87. The molecule has 0 aliphatic carbocycles. The number of nitriles is 1. The zero-order valence-corrected chi connectivity index (χ0v) is 6.94. The van der Waals surface area contributed by atoms with E-state index in [1.165, 1.54) is 0 Å². The molecule has 2 N–H and O–H groups in total. The van der Waals surface area contributed by atoms with Crippen LogP contribution in [-0.4, -0.2) is 9.38 Å². The van der Waals surface area contributed by atoms with Gasteiger partial charge in [0.15, 0.2) is 0 Å². The lowest BCUT2D eigenvalue weighted by Gasteiger charge is -1.92. The van der Waals surface area contributed by atoms with Gasteiger partial charge >= 0.3 is 0 Å². The van der Waals surface area contributed by atoms with Crippen molar-refractivity contribution in [3.8, 4) is 6.07 Å². The molecule has 0 spiro atoms. The van der Waals surface area contributed by atoms with Crippen LogP contribution in [0.25, 0.3) is 5.65 Å². The van der Waals surface area contributed by atoms with Crippen LogP contribution in [-0.2, 0) is 6.42 Å². The number of nitrogens with two attached hydrogens (primary N) is 1. The maximum atomic E-state index is 8.48. The van der Waals surface area contributed by atoms with Crippen molar-refractivity contribution < 1.29 is 0 Å². The molecular formula is C9H8N4. The third-order valence-corrected chi connectivity index (χ3v) is 1.79. The van der Waals surface area contributed by atoms with Gasteiger partial charge in [0.05, 0.1) is 18.2 Å². The van der Waals surface area contributed by atoms with Crippen molar-refractivity contribution in [1.82, 2.24) is 9.38 Å². The fraction of sp³-hybridized carbons (Fsp3) is 0.111. The van der Waals surface area contributed by atoms with E-state index in [1.807, 2.05) is 16.8 Å². The summed E-state index contributed by atoms with van der Waals surface area (Å²) in [5.74, 6) is 0. The van der Waals surface area contributed by atoms with E-state index in [0.717, 1.165) is 11.3 Å². The molecule has 0 amide bonds. The highest BCUT2D eigenvalue weighted by molar-refractivity contribution is 5.52. The Labute approximate surface area is 75.2 Å². The molecule has 0 aliphatic rings. The molecule has 0 aromatic carbocycles. The molecule has 0 saturated carbocycles. The first kappa shape index (κ1) is 7.62. The highest BCUT2D eigenvalue weighted by Crippen LogP contribution is 2.09. The monoisotopic (exact) mass is 172 g/mol. The van der Waals surface area contributed by atoms with E-state index in [4.69, 9.17) is 11.0 Å². The number of pyridine rings is 1. The van der Waals surface area contributed by atoms with Crippen LogP contribution in [0.3, 0.4) is 0 Å². The van der Waals surface area contributed by atoms with Gasteiger partial charge in [0.2, 0.25) is 0 Å². The number of anilines is 1. The Morgan fingerprint density at radius 3 is 3.23 bits per heavy atom. The molecule has 0 bridgehead atoms. The summed E-state index contributed by atoms with van der Waals surface area (Å²) in [5.41, 5.74) is 7.82. The summed E-state index contributed by atoms with van der Waals surface area (Å²) >= 11 is 0. The normalized spacial score (nSPS) is 10.1. The van der Waals surface area contributed by atoms with Crippen LogP contribution in [0.5, 0.6) is 0 Å². The number of nitrogen functional groups attached to an aromatic ring is 1. The second kappa shape index (κ2) is 2.79. The maximum absolute atomic E-state index is 8.48. The lowest BCUT2D eigenvalue weighted by atomic mass is 10.4. The molecule has 0 radical (unpaired) electrons. The van der Waals surface area contributed by atoms with Crippen molar-refractivity contribution >= 4 is 11.3 Å². The van der Waals surface area contributed by atoms with Gasteiger partial charge in [-0.1, -0.05) is 0 Å². The Hall–Kier alpha value is -2.02. The number of hydrogen-bond acceptors (Lipinski definition) is 3. The van der Waals surface area contributed by atoms with Crippen LogP contribution in [0.1, 0.15) is 5.69 Å². The van der Waals surface area contributed by atoms with Gasteiger partial charge in [0.1, 0.15) is 5.65 Å². The van der Waals surface area contributed by atoms with E-state index < -0.39 is 0 Å². The summed E-state index contributed by atoms with van der Waals surface area (Å²) in [7, 11) is 0. The van der Waals surface area contributed by atoms with E-state index in [2.05, 4.69) is 11.1 Å². The van der Waals surface area contributed by atoms with Crippen molar-refractivity contribution in [3.05, 3.63) is 30.2 Å². The minimum absolute atomic E-state index is 0.335. The molecule has 13 heavy (non-hydrogen) atoms. The second-order valence-corrected chi connectivity index (χ2v) is 2.79. The molecule has 0 fully saturated rings. The average molecular weight is 172 g/mol. The smallest absolute Gasteiger partial charge is 0.139 e. The minimum atomic E-state index is 0.335. The summed E-state index contributed by atoms with van der Waals surface area (Å²) in [6, 6.07) is 5.63. The molecule has 2 aromatic rings. The molecule has 0 saturated heterocycles. The molecule has 0 unspecified atom stereocenters. The summed E-state index contributed by atoms with van der Waals surface area (Å²) in [4.78, 5) is 4.22. The Morgan fingerprint density at radius 1 is 1.62 bits per heavy atom. The molecular weight excluding hydrogens is 164 g/mol. The fourth-order valence-corrected chi connectivity index (χ4v) is 1.22. The summed E-state index contributed by atoms with van der Waals surface area (Å²) < 4.78 is 1.85. The second-order valence-electron chi connectivity index (χ2n) is 2.79. The standard InChI is InChI=1S/C9H8N4/c10-3-1-8-6-13-4-2-7(11)5-9(13)12-8/h2,4-6H,1,11H2. The van der Waals surface area contributed by atoms with Crippen LogP contribution >= 0.6 is 0 Å². The number of imidazole rings is 1. The highest BCUT2D eigenvalue weighted by atomic mass is 15.0. The van der Waals surface area contributed by atoms with Gasteiger partial charge < -0.3 is 10.1 Å². The Balaban J connectivity index is 2.57. The van der Waals surface area contributed by atoms with E-state index >= 15 is 0 Å². The number of fused-ring (bicyclic) bond motifs is 1. The summed E-state index contributed by atoms with van der Waals surface area (Å²) in [5, 5.41) is 8.48. The van der Waals surface area contributed by atoms with Crippen LogP contribution in [0.15, 0.2) is 24.5 Å². The summed E-state index contributed by atoms with van der Waals surface area (Å²) in [6.45, 7) is 0. The van der Waals surface area contributed by atoms with Gasteiger partial charge in [0.25, 0.3) is 0 Å². The molecule has 2 heterocycles. The van der Waals surface area contributed by atoms with Crippen LogP contribution < -0.4 is 5.73 Å². The first-order chi connectivity index (χ1) is 6.29. The minimum Gasteiger partial charge on any atom is -0.399 e. The van der Waals surface area contributed by atoms with Gasteiger partial charge in [-0.3, -0.25) is 0 Å².